The fourth-order valence-corrected chi connectivity index (χ4v) is 1.20. The summed E-state index contributed by atoms with van der Waals surface area (Å²) in [6.45, 7) is 7.37. The molecule has 0 aromatic heterocycles. The van der Waals surface area contributed by atoms with Crippen LogP contribution in [0.3, 0.4) is 0 Å². The summed E-state index contributed by atoms with van der Waals surface area (Å²) in [6, 6.07) is 1.31. The number of hydrogen-bond acceptors (Lipinski definition) is 3. The minimum atomic E-state index is 0.305. The van der Waals surface area contributed by atoms with E-state index >= 15 is 0 Å². The van der Waals surface area contributed by atoms with E-state index < -0.39 is 0 Å². The summed E-state index contributed by atoms with van der Waals surface area (Å²) in [6.07, 6.45) is 0.305. The van der Waals surface area contributed by atoms with Crippen LogP contribution < -0.4 is 16.0 Å². The first-order chi connectivity index (χ1) is 5.35. The number of hydrogen-bond donors (Lipinski definition) is 3. The number of nitrogens with one attached hydrogen (secondary N) is 3. The maximum atomic E-state index is 3.38. The van der Waals surface area contributed by atoms with Gasteiger partial charge in [-0.05, 0) is 19.6 Å². The zero-order valence-electron chi connectivity index (χ0n) is 7.91. The summed E-state index contributed by atoms with van der Waals surface area (Å²) < 4.78 is 0. The lowest BCUT2D eigenvalue weighted by Crippen LogP contribution is -2.52. The summed E-state index contributed by atoms with van der Waals surface area (Å²) in [5.74, 6) is 0. The van der Waals surface area contributed by atoms with E-state index in [1.54, 1.807) is 0 Å². The lowest BCUT2D eigenvalue weighted by Gasteiger charge is -2.19. The molecule has 0 atom stereocenters. The monoisotopic (exact) mass is 175 g/mol. The molecular weight excluding hydrogens is 154 g/mol. The zero-order chi connectivity index (χ0) is 8.53. The molecule has 0 aliphatic carbocycles. The molecular formula is C7H21N3Si. The fourth-order valence-electron chi connectivity index (χ4n) is 0.913. The lowest BCUT2D eigenvalue weighted by atomic mass is 10.6. The first kappa shape index (κ1) is 11.1. The third kappa shape index (κ3) is 6.49. The predicted molar refractivity (Wildman–Crippen MR) is 53.9 cm³/mol. The van der Waals surface area contributed by atoms with Gasteiger partial charge in [-0.1, -0.05) is 19.9 Å². The Labute approximate surface area is 72.7 Å². The van der Waals surface area contributed by atoms with Gasteiger partial charge in [-0.3, -0.25) is 16.0 Å². The molecule has 4 heteroatoms. The van der Waals surface area contributed by atoms with E-state index in [9.17, 15) is 0 Å². The zero-order valence-corrected chi connectivity index (χ0v) is 9.91. The van der Waals surface area contributed by atoms with Crippen molar-refractivity contribution in [1.82, 2.24) is 16.0 Å². The van der Waals surface area contributed by atoms with Gasteiger partial charge >= 0.3 is 0 Å². The highest BCUT2D eigenvalue weighted by atomic mass is 28.1. The van der Waals surface area contributed by atoms with Gasteiger partial charge in [0.05, 0.1) is 0 Å². The fraction of sp³-hybridized carbons (Fsp3) is 1.00. The third-order valence-corrected chi connectivity index (χ3v) is 1.91. The summed E-state index contributed by atoms with van der Waals surface area (Å²) in [5, 5.41) is 10.0. The summed E-state index contributed by atoms with van der Waals surface area (Å²) in [4.78, 5) is 0. The molecule has 3 nitrogen and oxygen atoms in total. The first-order valence-corrected chi connectivity index (χ1v) is 5.96. The Morgan fingerprint density at radius 3 is 2.00 bits per heavy atom. The van der Waals surface area contributed by atoms with Crippen molar-refractivity contribution in [2.45, 2.75) is 26.2 Å². The minimum absolute atomic E-state index is 0.305. The van der Waals surface area contributed by atoms with Crippen LogP contribution in [0.1, 0.15) is 13.8 Å². The molecule has 0 heterocycles. The van der Waals surface area contributed by atoms with Crippen LogP contribution in [0.15, 0.2) is 0 Å². The van der Waals surface area contributed by atoms with E-state index in [1.807, 2.05) is 0 Å². The molecule has 0 fully saturated rings. The Morgan fingerprint density at radius 1 is 1.09 bits per heavy atom. The molecule has 0 saturated carbocycles. The van der Waals surface area contributed by atoms with E-state index in [1.165, 1.54) is 16.3 Å². The molecule has 0 spiro atoms. The van der Waals surface area contributed by atoms with E-state index in [0.29, 0.717) is 6.29 Å². The second-order valence-electron chi connectivity index (χ2n) is 2.50. The summed E-state index contributed by atoms with van der Waals surface area (Å²) >= 11 is 0. The van der Waals surface area contributed by atoms with Crippen LogP contribution in [0.5, 0.6) is 0 Å². The van der Waals surface area contributed by atoms with E-state index in [-0.39, 0.29) is 0 Å². The van der Waals surface area contributed by atoms with Crippen LogP contribution in [0.4, 0.5) is 0 Å². The maximum absolute atomic E-state index is 3.38. The Morgan fingerprint density at radius 2 is 1.64 bits per heavy atom. The smallest absolute Gasteiger partial charge is 0.111 e. The van der Waals surface area contributed by atoms with Gasteiger partial charge < -0.3 is 0 Å². The molecule has 0 unspecified atom stereocenters. The van der Waals surface area contributed by atoms with Crippen molar-refractivity contribution in [3.63, 3.8) is 0 Å². The van der Waals surface area contributed by atoms with Crippen molar-refractivity contribution in [2.75, 3.05) is 19.6 Å². The van der Waals surface area contributed by atoms with Crippen LogP contribution >= 0.6 is 0 Å². The molecule has 0 bridgehead atoms. The Balaban J connectivity index is 3.34. The van der Waals surface area contributed by atoms with E-state index in [2.05, 4.69) is 29.8 Å². The van der Waals surface area contributed by atoms with E-state index in [4.69, 9.17) is 0 Å². The van der Waals surface area contributed by atoms with Crippen LogP contribution in [0.2, 0.25) is 6.04 Å². The van der Waals surface area contributed by atoms with Crippen molar-refractivity contribution in [3.05, 3.63) is 0 Å². The van der Waals surface area contributed by atoms with Crippen LogP contribution in [0, 0.1) is 0 Å². The molecule has 0 amide bonds. The van der Waals surface area contributed by atoms with Gasteiger partial charge in [0.15, 0.2) is 0 Å². The highest BCUT2D eigenvalue weighted by molar-refractivity contribution is 6.08. The first-order valence-electron chi connectivity index (χ1n) is 4.55. The van der Waals surface area contributed by atoms with Crippen molar-refractivity contribution in [3.8, 4) is 0 Å². The van der Waals surface area contributed by atoms with Gasteiger partial charge in [-0.2, -0.15) is 0 Å². The van der Waals surface area contributed by atoms with Gasteiger partial charge in [0, 0.05) is 10.2 Å². The van der Waals surface area contributed by atoms with Crippen molar-refractivity contribution in [1.29, 1.82) is 0 Å². The molecule has 0 rings (SSSR count). The molecule has 11 heavy (non-hydrogen) atoms. The molecule has 0 radical (unpaired) electrons. The second kappa shape index (κ2) is 8.20. The SMILES string of the molecule is CCNC(NCC)NCC[SiH3]. The highest BCUT2D eigenvalue weighted by Gasteiger charge is 2.00. The van der Waals surface area contributed by atoms with Crippen LogP contribution in [0.25, 0.3) is 0 Å². The quantitative estimate of drug-likeness (QED) is 0.338. The third-order valence-electron chi connectivity index (χ3n) is 1.41. The largest absolute Gasteiger partial charge is 0.290 e. The standard InChI is InChI=1S/C7H21N3Si/c1-3-8-7(9-4-2)10-5-6-11/h7-10H,3-6H2,1-2,11H3. The molecule has 0 aromatic carbocycles. The molecule has 0 aliphatic heterocycles. The summed E-state index contributed by atoms with van der Waals surface area (Å²) in [7, 11) is 1.28. The van der Waals surface area contributed by atoms with Crippen LogP contribution in [-0.2, 0) is 0 Å². The topological polar surface area (TPSA) is 36.1 Å². The van der Waals surface area contributed by atoms with E-state index in [0.717, 1.165) is 19.6 Å². The number of rotatable bonds is 7. The normalized spacial score (nSPS) is 11.2. The average molecular weight is 175 g/mol. The second-order valence-corrected chi connectivity index (χ2v) is 3.50. The molecule has 3 N–H and O–H groups in total. The molecule has 0 saturated heterocycles. The highest BCUT2D eigenvalue weighted by Crippen LogP contribution is 1.73. The van der Waals surface area contributed by atoms with Crippen LogP contribution in [-0.4, -0.2) is 36.2 Å². The Hall–Kier alpha value is 0.0969. The summed E-state index contributed by atoms with van der Waals surface area (Å²) in [5.41, 5.74) is 0. The van der Waals surface area contributed by atoms with Crippen molar-refractivity contribution >= 4 is 10.2 Å². The van der Waals surface area contributed by atoms with Gasteiger partial charge in [-0.25, -0.2) is 0 Å². The molecule has 68 valence electrons. The Kier molecular flexibility index (Phi) is 8.27. The maximum Gasteiger partial charge on any atom is 0.111 e. The predicted octanol–water partition coefficient (Wildman–Crippen LogP) is -1.14. The molecule has 0 aromatic rings. The van der Waals surface area contributed by atoms with Crippen molar-refractivity contribution in [2.24, 2.45) is 0 Å². The lowest BCUT2D eigenvalue weighted by molar-refractivity contribution is 0.377. The van der Waals surface area contributed by atoms with Gasteiger partial charge in [0.25, 0.3) is 0 Å². The molecule has 0 aliphatic rings. The van der Waals surface area contributed by atoms with Crippen molar-refractivity contribution < 1.29 is 0 Å². The van der Waals surface area contributed by atoms with Gasteiger partial charge in [0.1, 0.15) is 6.29 Å². The minimum Gasteiger partial charge on any atom is -0.290 e. The Bertz CT molecular complexity index is 74.1. The van der Waals surface area contributed by atoms with Gasteiger partial charge in [-0.15, -0.1) is 0 Å². The average Bonchev–Trinajstić information content (AvgIpc) is 2.01. The van der Waals surface area contributed by atoms with Gasteiger partial charge in [0.2, 0.25) is 0 Å².